The highest BCUT2D eigenvalue weighted by Gasteiger charge is 2.28. The normalized spacial score (nSPS) is 17.3. The van der Waals surface area contributed by atoms with Crippen LogP contribution in [0.4, 0.5) is 22.0 Å². The molecule has 1 saturated carbocycles. The summed E-state index contributed by atoms with van der Waals surface area (Å²) in [5, 5.41) is 15.9. The number of amides is 2. The van der Waals surface area contributed by atoms with Gasteiger partial charge in [-0.25, -0.2) is 24.7 Å². The maximum absolute atomic E-state index is 12.8. The molecule has 1 saturated heterocycles. The number of aryl methyl sites for hydroxylation is 1. The van der Waals surface area contributed by atoms with Crippen LogP contribution in [0.5, 0.6) is 5.88 Å². The highest BCUT2D eigenvalue weighted by Crippen LogP contribution is 2.40. The molecule has 13 nitrogen and oxygen atoms in total. The van der Waals surface area contributed by atoms with Crippen molar-refractivity contribution in [3.05, 3.63) is 42.5 Å². The van der Waals surface area contributed by atoms with Gasteiger partial charge in [0.15, 0.2) is 5.82 Å². The van der Waals surface area contributed by atoms with E-state index in [1.54, 1.807) is 25.6 Å². The predicted octanol–water partition coefficient (Wildman–Crippen LogP) is 1.32. The molecule has 3 aromatic heterocycles. The standard InChI is InChI=1S/C21H24N10O3/c1-31-17(19(32)28-13-4-5-22-6-13)16(10-26-31)30-21(33)34-20-18(27-14-7-23-11-24-8-14)25-9-15(29-20)12-2-3-12/h7-13,22H,2-6H2,1H3,(H,25,27)(H,28,32)(H,30,33). The molecule has 1 unspecified atom stereocenters. The Hall–Kier alpha value is -4.13. The van der Waals surface area contributed by atoms with Crippen molar-refractivity contribution in [2.75, 3.05) is 23.7 Å². The van der Waals surface area contributed by atoms with Crippen LogP contribution >= 0.6 is 0 Å². The number of nitrogens with one attached hydrogen (secondary N) is 4. The molecule has 176 valence electrons. The molecule has 5 rings (SSSR count). The molecule has 34 heavy (non-hydrogen) atoms. The number of carbonyl (C=O) groups excluding carboxylic acids is 2. The fraction of sp³-hybridized carbons (Fsp3) is 0.381. The topological polar surface area (TPSA) is 161 Å². The summed E-state index contributed by atoms with van der Waals surface area (Å²) in [4.78, 5) is 42.4. The number of hydrogen-bond acceptors (Lipinski definition) is 10. The summed E-state index contributed by atoms with van der Waals surface area (Å²) in [7, 11) is 1.63. The van der Waals surface area contributed by atoms with Gasteiger partial charge in [-0.05, 0) is 25.8 Å². The molecule has 2 fully saturated rings. The Morgan fingerprint density at radius 1 is 1.15 bits per heavy atom. The van der Waals surface area contributed by atoms with E-state index in [1.807, 2.05) is 0 Å². The van der Waals surface area contributed by atoms with Crippen LogP contribution in [0, 0.1) is 0 Å². The maximum atomic E-state index is 12.8. The number of anilines is 3. The number of hydrogen-bond donors (Lipinski definition) is 4. The molecule has 0 spiro atoms. The van der Waals surface area contributed by atoms with Crippen molar-refractivity contribution >= 4 is 29.2 Å². The van der Waals surface area contributed by atoms with Crippen molar-refractivity contribution in [2.24, 2.45) is 7.05 Å². The van der Waals surface area contributed by atoms with Crippen LogP contribution in [0.2, 0.25) is 0 Å². The minimum absolute atomic E-state index is 0.0117. The summed E-state index contributed by atoms with van der Waals surface area (Å²) < 4.78 is 6.92. The Morgan fingerprint density at radius 2 is 1.97 bits per heavy atom. The molecule has 1 aliphatic carbocycles. The lowest BCUT2D eigenvalue weighted by Crippen LogP contribution is -2.37. The minimum atomic E-state index is -0.820. The fourth-order valence-electron chi connectivity index (χ4n) is 3.67. The van der Waals surface area contributed by atoms with Crippen LogP contribution in [0.25, 0.3) is 0 Å². The van der Waals surface area contributed by atoms with Gasteiger partial charge in [0.2, 0.25) is 0 Å². The summed E-state index contributed by atoms with van der Waals surface area (Å²) in [5.41, 5.74) is 1.77. The van der Waals surface area contributed by atoms with Gasteiger partial charge < -0.3 is 20.7 Å². The smallest absolute Gasteiger partial charge is 0.387 e. The zero-order chi connectivity index (χ0) is 23.5. The van der Waals surface area contributed by atoms with E-state index in [-0.39, 0.29) is 35.0 Å². The van der Waals surface area contributed by atoms with Crippen LogP contribution in [0.1, 0.15) is 41.4 Å². The van der Waals surface area contributed by atoms with E-state index in [0.717, 1.165) is 31.5 Å². The van der Waals surface area contributed by atoms with Gasteiger partial charge in [-0.1, -0.05) is 0 Å². The van der Waals surface area contributed by atoms with Gasteiger partial charge in [0.25, 0.3) is 11.8 Å². The third-order valence-electron chi connectivity index (χ3n) is 5.55. The van der Waals surface area contributed by atoms with Crippen LogP contribution in [0.15, 0.2) is 31.1 Å². The van der Waals surface area contributed by atoms with E-state index in [2.05, 4.69) is 46.3 Å². The highest BCUT2D eigenvalue weighted by molar-refractivity contribution is 6.01. The maximum Gasteiger partial charge on any atom is 0.418 e. The third-order valence-corrected chi connectivity index (χ3v) is 5.55. The van der Waals surface area contributed by atoms with Crippen molar-refractivity contribution in [2.45, 2.75) is 31.2 Å². The molecule has 4 heterocycles. The first-order chi connectivity index (χ1) is 16.6. The van der Waals surface area contributed by atoms with E-state index >= 15 is 0 Å². The second kappa shape index (κ2) is 9.39. The molecule has 0 bridgehead atoms. The van der Waals surface area contributed by atoms with Crippen molar-refractivity contribution < 1.29 is 14.3 Å². The Bertz CT molecular complexity index is 1190. The van der Waals surface area contributed by atoms with Crippen LogP contribution in [-0.4, -0.2) is 60.8 Å². The van der Waals surface area contributed by atoms with Gasteiger partial charge in [-0.15, -0.1) is 0 Å². The van der Waals surface area contributed by atoms with Crippen molar-refractivity contribution in [3.63, 3.8) is 0 Å². The number of nitrogens with zero attached hydrogens (tertiary/aromatic N) is 6. The van der Waals surface area contributed by atoms with E-state index in [1.165, 1.54) is 17.2 Å². The number of rotatable bonds is 7. The SMILES string of the molecule is Cn1ncc(NC(=O)Oc2nc(C3CC3)cnc2Nc2cncnc2)c1C(=O)NC1CCNC1. The van der Waals surface area contributed by atoms with E-state index < -0.39 is 6.09 Å². The van der Waals surface area contributed by atoms with Crippen molar-refractivity contribution in [1.29, 1.82) is 0 Å². The molecule has 1 atom stereocenters. The van der Waals surface area contributed by atoms with Gasteiger partial charge in [-0.3, -0.25) is 14.8 Å². The lowest BCUT2D eigenvalue weighted by atomic mass is 10.2. The molecule has 0 aromatic carbocycles. The molecule has 4 N–H and O–H groups in total. The van der Waals surface area contributed by atoms with Crippen LogP contribution in [-0.2, 0) is 7.05 Å². The van der Waals surface area contributed by atoms with Gasteiger partial charge in [0.05, 0.1) is 41.9 Å². The third kappa shape index (κ3) is 4.93. The minimum Gasteiger partial charge on any atom is -0.387 e. The Morgan fingerprint density at radius 3 is 2.71 bits per heavy atom. The molecular weight excluding hydrogens is 440 g/mol. The van der Waals surface area contributed by atoms with Gasteiger partial charge in [-0.2, -0.15) is 5.10 Å². The van der Waals surface area contributed by atoms with Gasteiger partial charge in [0.1, 0.15) is 12.0 Å². The van der Waals surface area contributed by atoms with Gasteiger partial charge >= 0.3 is 6.09 Å². The quantitative estimate of drug-likeness (QED) is 0.401. The summed E-state index contributed by atoms with van der Waals surface area (Å²) in [5.74, 6) is 0.238. The monoisotopic (exact) mass is 464 g/mol. The molecule has 3 aromatic rings. The van der Waals surface area contributed by atoms with Crippen LogP contribution in [0.3, 0.4) is 0 Å². The molecule has 1 aliphatic heterocycles. The predicted molar refractivity (Wildman–Crippen MR) is 121 cm³/mol. The van der Waals surface area contributed by atoms with E-state index in [4.69, 9.17) is 4.74 Å². The lowest BCUT2D eigenvalue weighted by Gasteiger charge is -2.14. The van der Waals surface area contributed by atoms with Gasteiger partial charge in [0, 0.05) is 25.6 Å². The highest BCUT2D eigenvalue weighted by atomic mass is 16.6. The average Bonchev–Trinajstić information content (AvgIpc) is 3.44. The molecular formula is C21H24N10O3. The second-order valence-corrected chi connectivity index (χ2v) is 8.18. The zero-order valence-corrected chi connectivity index (χ0v) is 18.5. The summed E-state index contributed by atoms with van der Waals surface area (Å²) in [6, 6.07) is 0.0261. The molecule has 2 aliphatic rings. The van der Waals surface area contributed by atoms with Crippen molar-refractivity contribution in [1.82, 2.24) is 40.3 Å². The summed E-state index contributed by atoms with van der Waals surface area (Å²) >= 11 is 0. The Labute approximate surface area is 194 Å². The van der Waals surface area contributed by atoms with Crippen molar-refractivity contribution in [3.8, 4) is 5.88 Å². The molecule has 2 amide bonds. The average molecular weight is 464 g/mol. The first-order valence-electron chi connectivity index (χ1n) is 11.0. The number of carbonyl (C=O) groups is 2. The zero-order valence-electron chi connectivity index (χ0n) is 18.5. The van der Waals surface area contributed by atoms with E-state index in [0.29, 0.717) is 18.2 Å². The Kier molecular flexibility index (Phi) is 5.99. The first-order valence-corrected chi connectivity index (χ1v) is 11.0. The first kappa shape index (κ1) is 21.7. The summed E-state index contributed by atoms with van der Waals surface area (Å²) in [6.07, 6.45) is 9.65. The fourth-order valence-corrected chi connectivity index (χ4v) is 3.67. The number of aromatic nitrogens is 6. The van der Waals surface area contributed by atoms with Crippen LogP contribution < -0.4 is 26.0 Å². The number of ether oxygens (including phenoxy) is 1. The largest absolute Gasteiger partial charge is 0.418 e. The Balaban J connectivity index is 1.32. The molecule has 13 heteroatoms. The lowest BCUT2D eigenvalue weighted by molar-refractivity contribution is 0.0931. The second-order valence-electron chi connectivity index (χ2n) is 8.18. The molecule has 0 radical (unpaired) electrons. The summed E-state index contributed by atoms with van der Waals surface area (Å²) in [6.45, 7) is 1.55. The van der Waals surface area contributed by atoms with E-state index in [9.17, 15) is 9.59 Å².